The molecule has 18 heavy (non-hydrogen) atoms. The molecule has 1 fully saturated rings. The maximum Gasteiger partial charge on any atom is 0.404 e. The number of hydrogen-bond donors (Lipinski definition) is 1. The van der Waals surface area contributed by atoms with Gasteiger partial charge in [-0.15, -0.1) is 0 Å². The Labute approximate surface area is 104 Å². The van der Waals surface area contributed by atoms with Crippen LogP contribution in [0.5, 0.6) is 0 Å². The minimum atomic E-state index is -4.75. The maximum atomic E-state index is 12.4. The van der Waals surface area contributed by atoms with Crippen molar-refractivity contribution >= 4 is 5.97 Å². The number of carboxylic acids is 1. The van der Waals surface area contributed by atoms with Gasteiger partial charge in [0.25, 0.3) is 0 Å². The summed E-state index contributed by atoms with van der Waals surface area (Å²) in [4.78, 5) is 10.5. The largest absolute Gasteiger partial charge is 0.481 e. The fourth-order valence-electron chi connectivity index (χ4n) is 2.55. The van der Waals surface area contributed by atoms with Crippen LogP contribution in [0.15, 0.2) is 0 Å². The van der Waals surface area contributed by atoms with E-state index in [2.05, 4.69) is 0 Å². The highest BCUT2D eigenvalue weighted by Crippen LogP contribution is 2.32. The first-order valence-corrected chi connectivity index (χ1v) is 6.11. The normalized spacial score (nSPS) is 31.1. The molecule has 0 aliphatic heterocycles. The Kier molecular flexibility index (Phi) is 5.01. The fraction of sp³-hybridized carbons (Fsp3) is 0.917. The summed E-state index contributed by atoms with van der Waals surface area (Å²) in [5, 5.41) is 8.54. The highest BCUT2D eigenvalue weighted by atomic mass is 19.4. The van der Waals surface area contributed by atoms with Gasteiger partial charge in [-0.05, 0) is 31.1 Å². The average molecular weight is 268 g/mol. The van der Waals surface area contributed by atoms with Gasteiger partial charge in [-0.3, -0.25) is 4.79 Å². The van der Waals surface area contributed by atoms with E-state index in [4.69, 9.17) is 9.84 Å². The number of hydrogen-bond acceptors (Lipinski definition) is 2. The van der Waals surface area contributed by atoms with Crippen LogP contribution in [0.3, 0.4) is 0 Å². The molecule has 1 aliphatic rings. The Balaban J connectivity index is 2.50. The number of rotatable bonds is 4. The minimum absolute atomic E-state index is 0.257. The molecule has 1 aliphatic carbocycles. The van der Waals surface area contributed by atoms with E-state index < -0.39 is 24.7 Å². The van der Waals surface area contributed by atoms with E-state index in [1.807, 2.05) is 13.8 Å². The monoisotopic (exact) mass is 268 g/mol. The van der Waals surface area contributed by atoms with E-state index in [0.29, 0.717) is 24.7 Å². The van der Waals surface area contributed by atoms with Crippen molar-refractivity contribution in [3.8, 4) is 0 Å². The zero-order chi connectivity index (χ0) is 13.9. The van der Waals surface area contributed by atoms with E-state index in [-0.39, 0.29) is 6.10 Å². The standard InChI is InChI=1S/C12H19F3O3/c1-7-3-8(2)5-9(4-7)18-6-10(11(16)17)12(13,14)15/h7-10H,3-6H2,1-2H3,(H,16,17). The van der Waals surface area contributed by atoms with Gasteiger partial charge in [-0.25, -0.2) is 0 Å². The molecule has 106 valence electrons. The first-order valence-electron chi connectivity index (χ1n) is 6.11. The molecular formula is C12H19F3O3. The Bertz CT molecular complexity index is 281. The molecule has 0 radical (unpaired) electrons. The van der Waals surface area contributed by atoms with Crippen molar-refractivity contribution < 1.29 is 27.8 Å². The third-order valence-corrected chi connectivity index (χ3v) is 3.33. The van der Waals surface area contributed by atoms with Gasteiger partial charge in [0.15, 0.2) is 5.92 Å². The first-order chi connectivity index (χ1) is 8.20. The van der Waals surface area contributed by atoms with E-state index in [0.717, 1.165) is 6.42 Å². The lowest BCUT2D eigenvalue weighted by Gasteiger charge is -2.32. The third-order valence-electron chi connectivity index (χ3n) is 3.33. The molecule has 6 heteroatoms. The van der Waals surface area contributed by atoms with Crippen molar-refractivity contribution in [1.29, 1.82) is 0 Å². The number of ether oxygens (including phenoxy) is 1. The Morgan fingerprint density at radius 1 is 1.28 bits per heavy atom. The molecule has 0 bridgehead atoms. The molecule has 0 aromatic rings. The summed E-state index contributed by atoms with van der Waals surface area (Å²) < 4.78 is 42.4. The van der Waals surface area contributed by atoms with Crippen molar-refractivity contribution in [1.82, 2.24) is 0 Å². The lowest BCUT2D eigenvalue weighted by Crippen LogP contribution is -2.37. The van der Waals surface area contributed by atoms with E-state index in [1.165, 1.54) is 0 Å². The molecule has 3 atom stereocenters. The van der Waals surface area contributed by atoms with E-state index in [9.17, 15) is 18.0 Å². The molecule has 1 N–H and O–H groups in total. The van der Waals surface area contributed by atoms with Gasteiger partial charge in [0.2, 0.25) is 0 Å². The van der Waals surface area contributed by atoms with Gasteiger partial charge >= 0.3 is 12.1 Å². The molecule has 0 aromatic heterocycles. The SMILES string of the molecule is CC1CC(C)CC(OCC(C(=O)O)C(F)(F)F)C1. The zero-order valence-corrected chi connectivity index (χ0v) is 10.5. The minimum Gasteiger partial charge on any atom is -0.481 e. The summed E-state index contributed by atoms with van der Waals surface area (Å²) in [7, 11) is 0. The summed E-state index contributed by atoms with van der Waals surface area (Å²) in [5.74, 6) is -3.48. The number of alkyl halides is 3. The fourth-order valence-corrected chi connectivity index (χ4v) is 2.55. The van der Waals surface area contributed by atoms with Gasteiger partial charge in [-0.1, -0.05) is 13.8 Å². The molecule has 0 amide bonds. The van der Waals surface area contributed by atoms with Crippen LogP contribution in [0.1, 0.15) is 33.1 Å². The van der Waals surface area contributed by atoms with Crippen LogP contribution in [-0.4, -0.2) is 30.0 Å². The van der Waals surface area contributed by atoms with Crippen molar-refractivity contribution in [2.24, 2.45) is 17.8 Å². The van der Waals surface area contributed by atoms with Gasteiger partial charge in [0.05, 0.1) is 12.7 Å². The molecule has 1 rings (SSSR count). The lowest BCUT2D eigenvalue weighted by molar-refractivity contribution is -0.206. The Morgan fingerprint density at radius 3 is 2.17 bits per heavy atom. The van der Waals surface area contributed by atoms with Crippen LogP contribution in [0.25, 0.3) is 0 Å². The molecule has 0 saturated heterocycles. The predicted octanol–water partition coefficient (Wildman–Crippen LogP) is 3.09. The zero-order valence-electron chi connectivity index (χ0n) is 10.5. The summed E-state index contributed by atoms with van der Waals surface area (Å²) in [6.07, 6.45) is -2.56. The van der Waals surface area contributed by atoms with Crippen LogP contribution in [-0.2, 0) is 9.53 Å². The smallest absolute Gasteiger partial charge is 0.404 e. The van der Waals surface area contributed by atoms with Gasteiger partial charge in [0, 0.05) is 0 Å². The molecule has 0 aromatic carbocycles. The second-order valence-corrected chi connectivity index (χ2v) is 5.31. The van der Waals surface area contributed by atoms with Gasteiger partial charge in [0.1, 0.15) is 0 Å². The van der Waals surface area contributed by atoms with Gasteiger partial charge in [-0.2, -0.15) is 13.2 Å². The summed E-state index contributed by atoms with van der Waals surface area (Å²) in [5.41, 5.74) is 0. The molecule has 3 unspecified atom stereocenters. The highest BCUT2D eigenvalue weighted by Gasteiger charge is 2.45. The van der Waals surface area contributed by atoms with Crippen LogP contribution in [0.4, 0.5) is 13.2 Å². The Morgan fingerprint density at radius 2 is 1.78 bits per heavy atom. The second kappa shape index (κ2) is 5.91. The topological polar surface area (TPSA) is 46.5 Å². The quantitative estimate of drug-likeness (QED) is 0.852. The predicted molar refractivity (Wildman–Crippen MR) is 59.1 cm³/mol. The first kappa shape index (κ1) is 15.3. The Hall–Kier alpha value is -0.780. The summed E-state index contributed by atoms with van der Waals surface area (Å²) in [6.45, 7) is 3.28. The molecule has 0 spiro atoms. The number of carboxylic acid groups (broad SMARTS) is 1. The molecule has 1 saturated carbocycles. The highest BCUT2D eigenvalue weighted by molar-refractivity contribution is 5.71. The van der Waals surface area contributed by atoms with E-state index in [1.54, 1.807) is 0 Å². The van der Waals surface area contributed by atoms with Crippen LogP contribution in [0, 0.1) is 17.8 Å². The lowest BCUT2D eigenvalue weighted by atomic mass is 9.82. The number of aliphatic carboxylic acids is 1. The molecular weight excluding hydrogens is 249 g/mol. The van der Waals surface area contributed by atoms with Crippen molar-refractivity contribution in [3.63, 3.8) is 0 Å². The average Bonchev–Trinajstić information content (AvgIpc) is 2.12. The van der Waals surface area contributed by atoms with E-state index >= 15 is 0 Å². The van der Waals surface area contributed by atoms with Crippen LogP contribution in [0.2, 0.25) is 0 Å². The van der Waals surface area contributed by atoms with Crippen molar-refractivity contribution in [2.75, 3.05) is 6.61 Å². The molecule has 3 nitrogen and oxygen atoms in total. The maximum absolute atomic E-state index is 12.4. The second-order valence-electron chi connectivity index (χ2n) is 5.31. The van der Waals surface area contributed by atoms with Crippen LogP contribution >= 0.6 is 0 Å². The number of carbonyl (C=O) groups is 1. The van der Waals surface area contributed by atoms with Gasteiger partial charge < -0.3 is 9.84 Å². The summed E-state index contributed by atoms with van der Waals surface area (Å²) in [6, 6.07) is 0. The number of halogens is 3. The third kappa shape index (κ3) is 4.48. The summed E-state index contributed by atoms with van der Waals surface area (Å²) >= 11 is 0. The van der Waals surface area contributed by atoms with Crippen molar-refractivity contribution in [3.05, 3.63) is 0 Å². The molecule has 0 heterocycles. The van der Waals surface area contributed by atoms with Crippen molar-refractivity contribution in [2.45, 2.75) is 45.4 Å². The van der Waals surface area contributed by atoms with Crippen LogP contribution < -0.4 is 0 Å².